The topological polar surface area (TPSA) is 35.5 Å². The Labute approximate surface area is 138 Å². The van der Waals surface area contributed by atoms with E-state index in [1.165, 1.54) is 12.5 Å². The average molecular weight is 314 g/mol. The first-order valence-corrected chi connectivity index (χ1v) is 8.39. The van der Waals surface area contributed by atoms with Gasteiger partial charge in [0.2, 0.25) is 0 Å². The van der Waals surface area contributed by atoms with E-state index < -0.39 is 0 Å². The number of benzene rings is 1. The molecule has 0 saturated heterocycles. The van der Waals surface area contributed by atoms with Crippen LogP contribution in [0.5, 0.6) is 5.75 Å². The quantitative estimate of drug-likeness (QED) is 0.608. The normalized spacial score (nSPS) is 31.5. The molecular formula is C20H26O3. The third kappa shape index (κ3) is 2.66. The fraction of sp³-hybridized carbons (Fsp3) is 0.550. The number of fused-ring (bicyclic) bond motifs is 2. The van der Waals surface area contributed by atoms with Gasteiger partial charge in [0, 0.05) is 11.5 Å². The van der Waals surface area contributed by atoms with E-state index in [1.54, 1.807) is 13.2 Å². The summed E-state index contributed by atoms with van der Waals surface area (Å²) in [5.41, 5.74) is 1.33. The molecule has 0 amide bonds. The summed E-state index contributed by atoms with van der Waals surface area (Å²) in [7, 11) is 1.64. The Morgan fingerprint density at radius 2 is 1.91 bits per heavy atom. The Hall–Kier alpha value is -1.77. The van der Waals surface area contributed by atoms with Gasteiger partial charge < -0.3 is 9.47 Å². The van der Waals surface area contributed by atoms with Crippen molar-refractivity contribution in [2.24, 2.45) is 16.7 Å². The van der Waals surface area contributed by atoms with Crippen molar-refractivity contribution in [3.05, 3.63) is 35.9 Å². The first-order valence-electron chi connectivity index (χ1n) is 8.39. The summed E-state index contributed by atoms with van der Waals surface area (Å²) < 4.78 is 10.9. The lowest BCUT2D eigenvalue weighted by atomic mass is 9.70. The maximum Gasteiger partial charge on any atom is 0.331 e. The van der Waals surface area contributed by atoms with E-state index in [9.17, 15) is 4.79 Å². The highest BCUT2D eigenvalue weighted by atomic mass is 16.5. The van der Waals surface area contributed by atoms with Gasteiger partial charge in [-0.05, 0) is 54.4 Å². The first-order chi connectivity index (χ1) is 10.9. The molecule has 2 aliphatic carbocycles. The molecular weight excluding hydrogens is 288 g/mol. The molecule has 0 heterocycles. The monoisotopic (exact) mass is 314 g/mol. The van der Waals surface area contributed by atoms with Gasteiger partial charge in [0.15, 0.2) is 0 Å². The number of hydrogen-bond acceptors (Lipinski definition) is 3. The lowest BCUT2D eigenvalue weighted by Crippen LogP contribution is -2.38. The average Bonchev–Trinajstić information content (AvgIpc) is 2.87. The van der Waals surface area contributed by atoms with Gasteiger partial charge in [0.25, 0.3) is 0 Å². The molecule has 3 atom stereocenters. The molecule has 0 radical (unpaired) electrons. The van der Waals surface area contributed by atoms with Gasteiger partial charge in [-0.3, -0.25) is 0 Å². The van der Waals surface area contributed by atoms with Gasteiger partial charge in [-0.2, -0.15) is 0 Å². The van der Waals surface area contributed by atoms with Crippen LogP contribution in [0.1, 0.15) is 45.6 Å². The minimum Gasteiger partial charge on any atom is -0.497 e. The van der Waals surface area contributed by atoms with E-state index >= 15 is 0 Å². The fourth-order valence-electron chi connectivity index (χ4n) is 4.37. The lowest BCUT2D eigenvalue weighted by molar-refractivity contribution is -0.150. The smallest absolute Gasteiger partial charge is 0.331 e. The number of rotatable bonds is 4. The Morgan fingerprint density at radius 3 is 2.43 bits per heavy atom. The second-order valence-corrected chi connectivity index (χ2v) is 7.64. The summed E-state index contributed by atoms with van der Waals surface area (Å²) in [4.78, 5) is 12.2. The molecule has 3 heteroatoms. The van der Waals surface area contributed by atoms with E-state index in [2.05, 4.69) is 20.8 Å². The maximum atomic E-state index is 12.2. The molecule has 2 aliphatic rings. The first kappa shape index (κ1) is 16.1. The van der Waals surface area contributed by atoms with Crippen LogP contribution in [0.15, 0.2) is 30.3 Å². The largest absolute Gasteiger partial charge is 0.497 e. The van der Waals surface area contributed by atoms with Crippen LogP contribution in [-0.4, -0.2) is 19.2 Å². The number of carbonyl (C=O) groups is 1. The minimum atomic E-state index is -0.240. The van der Waals surface area contributed by atoms with Crippen molar-refractivity contribution >= 4 is 12.0 Å². The second-order valence-electron chi connectivity index (χ2n) is 7.64. The number of methoxy groups -OCH3 is 1. The predicted octanol–water partition coefficient (Wildman–Crippen LogP) is 4.47. The molecule has 3 nitrogen and oxygen atoms in total. The molecule has 124 valence electrons. The van der Waals surface area contributed by atoms with Crippen molar-refractivity contribution < 1.29 is 14.3 Å². The van der Waals surface area contributed by atoms with Crippen molar-refractivity contribution in [2.45, 2.75) is 46.1 Å². The van der Waals surface area contributed by atoms with Gasteiger partial charge in [0.1, 0.15) is 11.9 Å². The molecule has 23 heavy (non-hydrogen) atoms. The molecule has 0 aliphatic heterocycles. The SMILES string of the molecule is COc1ccc(C=CC(=O)OC2CC3CCC2(C)C3(C)C)cc1. The molecule has 2 bridgehead atoms. The molecule has 1 aromatic carbocycles. The van der Waals surface area contributed by atoms with Gasteiger partial charge in [0.05, 0.1) is 7.11 Å². The van der Waals surface area contributed by atoms with Crippen molar-refractivity contribution in [1.29, 1.82) is 0 Å². The molecule has 2 fully saturated rings. The van der Waals surface area contributed by atoms with Gasteiger partial charge in [-0.15, -0.1) is 0 Å². The summed E-state index contributed by atoms with van der Waals surface area (Å²) >= 11 is 0. The molecule has 0 N–H and O–H groups in total. The zero-order valence-electron chi connectivity index (χ0n) is 14.5. The Morgan fingerprint density at radius 1 is 1.22 bits per heavy atom. The van der Waals surface area contributed by atoms with Crippen LogP contribution in [-0.2, 0) is 9.53 Å². The van der Waals surface area contributed by atoms with E-state index in [1.807, 2.05) is 24.3 Å². The highest BCUT2D eigenvalue weighted by molar-refractivity contribution is 5.87. The van der Waals surface area contributed by atoms with E-state index in [0.717, 1.165) is 24.2 Å². The fourth-order valence-corrected chi connectivity index (χ4v) is 4.37. The van der Waals surface area contributed by atoms with Crippen molar-refractivity contribution in [3.63, 3.8) is 0 Å². The highest BCUT2D eigenvalue weighted by Gasteiger charge is 2.62. The summed E-state index contributed by atoms with van der Waals surface area (Å²) in [5, 5.41) is 0. The highest BCUT2D eigenvalue weighted by Crippen LogP contribution is 2.66. The zero-order chi connectivity index (χ0) is 16.7. The molecule has 2 saturated carbocycles. The van der Waals surface area contributed by atoms with Crippen LogP contribution >= 0.6 is 0 Å². The van der Waals surface area contributed by atoms with Crippen LogP contribution < -0.4 is 4.74 Å². The zero-order valence-corrected chi connectivity index (χ0v) is 14.5. The second kappa shape index (κ2) is 5.70. The summed E-state index contributed by atoms with van der Waals surface area (Å²) in [6.07, 6.45) is 6.80. The maximum absolute atomic E-state index is 12.2. The number of ether oxygens (including phenoxy) is 2. The van der Waals surface area contributed by atoms with Crippen molar-refractivity contribution in [1.82, 2.24) is 0 Å². The van der Waals surface area contributed by atoms with E-state index in [4.69, 9.17) is 9.47 Å². The van der Waals surface area contributed by atoms with E-state index in [0.29, 0.717) is 5.92 Å². The standard InChI is InChI=1S/C20H26O3/c1-19(2)15-11-12-20(19,3)17(13-15)23-18(21)10-7-14-5-8-16(22-4)9-6-14/h5-10,15,17H,11-13H2,1-4H3. The Bertz CT molecular complexity index is 614. The number of hydrogen-bond donors (Lipinski definition) is 0. The molecule has 3 unspecified atom stereocenters. The Kier molecular flexibility index (Phi) is 3.99. The summed E-state index contributed by atoms with van der Waals surface area (Å²) in [5.74, 6) is 1.24. The summed E-state index contributed by atoms with van der Waals surface area (Å²) in [6, 6.07) is 7.60. The van der Waals surface area contributed by atoms with Crippen LogP contribution in [0, 0.1) is 16.7 Å². The third-order valence-electron chi connectivity index (χ3n) is 6.50. The molecule has 3 rings (SSSR count). The van der Waals surface area contributed by atoms with Gasteiger partial charge >= 0.3 is 5.97 Å². The van der Waals surface area contributed by atoms with Crippen LogP contribution in [0.25, 0.3) is 6.08 Å². The molecule has 1 aromatic rings. The Balaban J connectivity index is 1.63. The lowest BCUT2D eigenvalue weighted by Gasteiger charge is -2.38. The van der Waals surface area contributed by atoms with E-state index in [-0.39, 0.29) is 22.9 Å². The number of esters is 1. The van der Waals surface area contributed by atoms with Crippen molar-refractivity contribution in [2.75, 3.05) is 7.11 Å². The van der Waals surface area contributed by atoms with Crippen LogP contribution in [0.3, 0.4) is 0 Å². The van der Waals surface area contributed by atoms with Gasteiger partial charge in [-0.25, -0.2) is 4.79 Å². The molecule has 0 aromatic heterocycles. The van der Waals surface area contributed by atoms with Crippen LogP contribution in [0.2, 0.25) is 0 Å². The summed E-state index contributed by atoms with van der Waals surface area (Å²) in [6.45, 7) is 6.93. The minimum absolute atomic E-state index is 0.0456. The molecule has 0 spiro atoms. The van der Waals surface area contributed by atoms with Crippen LogP contribution in [0.4, 0.5) is 0 Å². The predicted molar refractivity (Wildman–Crippen MR) is 91.1 cm³/mol. The third-order valence-corrected chi connectivity index (χ3v) is 6.50. The van der Waals surface area contributed by atoms with Gasteiger partial charge in [-0.1, -0.05) is 32.9 Å². The number of carbonyl (C=O) groups excluding carboxylic acids is 1. The van der Waals surface area contributed by atoms with Crippen molar-refractivity contribution in [3.8, 4) is 5.75 Å².